The highest BCUT2D eigenvalue weighted by atomic mass is 16.2. The van der Waals surface area contributed by atoms with Crippen LogP contribution in [0.1, 0.15) is 39.0 Å². The van der Waals surface area contributed by atoms with Gasteiger partial charge in [0.05, 0.1) is 0 Å². The average molecular weight is 344 g/mol. The number of amides is 2. The summed E-state index contributed by atoms with van der Waals surface area (Å²) in [6.45, 7) is 5.36. The van der Waals surface area contributed by atoms with E-state index in [1.807, 2.05) is 11.8 Å². The van der Waals surface area contributed by atoms with Crippen LogP contribution in [0.2, 0.25) is 0 Å². The Morgan fingerprint density at radius 3 is 2.84 bits per heavy atom. The van der Waals surface area contributed by atoms with Crippen LogP contribution in [-0.2, 0) is 6.54 Å². The van der Waals surface area contributed by atoms with E-state index in [9.17, 15) is 9.59 Å². The van der Waals surface area contributed by atoms with Crippen molar-refractivity contribution >= 4 is 11.7 Å². The Hall–Kier alpha value is -1.82. The zero-order valence-electron chi connectivity index (χ0n) is 15.0. The number of pyridine rings is 1. The van der Waals surface area contributed by atoms with Gasteiger partial charge < -0.3 is 14.8 Å². The van der Waals surface area contributed by atoms with Crippen LogP contribution in [0, 0.1) is 5.92 Å². The van der Waals surface area contributed by atoms with Gasteiger partial charge in [-0.05, 0) is 63.6 Å². The highest BCUT2D eigenvalue weighted by Gasteiger charge is 2.42. The van der Waals surface area contributed by atoms with Gasteiger partial charge in [0.15, 0.2) is 0 Å². The van der Waals surface area contributed by atoms with Crippen LogP contribution in [0.25, 0.3) is 0 Å². The van der Waals surface area contributed by atoms with Crippen molar-refractivity contribution < 1.29 is 4.79 Å². The summed E-state index contributed by atoms with van der Waals surface area (Å²) < 4.78 is 1.61. The van der Waals surface area contributed by atoms with E-state index in [0.717, 1.165) is 25.6 Å². The monoisotopic (exact) mass is 344 g/mol. The molecule has 6 heteroatoms. The van der Waals surface area contributed by atoms with E-state index in [-0.39, 0.29) is 11.6 Å². The second-order valence-electron chi connectivity index (χ2n) is 7.62. The van der Waals surface area contributed by atoms with Gasteiger partial charge in [-0.25, -0.2) is 4.79 Å². The molecule has 4 rings (SSSR count). The molecule has 0 aromatic carbocycles. The Balaban J connectivity index is 1.41. The molecule has 1 N–H and O–H groups in total. The Kier molecular flexibility index (Phi) is 4.54. The number of rotatable bonds is 3. The van der Waals surface area contributed by atoms with E-state index in [4.69, 9.17) is 0 Å². The Bertz CT molecular complexity index is 697. The highest BCUT2D eigenvalue weighted by Crippen LogP contribution is 2.38. The van der Waals surface area contributed by atoms with Crippen molar-refractivity contribution in [3.05, 3.63) is 28.7 Å². The summed E-state index contributed by atoms with van der Waals surface area (Å²) in [5, 5.41) is 2.84. The lowest BCUT2D eigenvalue weighted by Gasteiger charge is -2.47. The van der Waals surface area contributed by atoms with Crippen molar-refractivity contribution in [3.63, 3.8) is 0 Å². The molecule has 0 radical (unpaired) electrons. The highest BCUT2D eigenvalue weighted by molar-refractivity contribution is 5.89. The van der Waals surface area contributed by atoms with Gasteiger partial charge in [-0.2, -0.15) is 0 Å². The number of anilines is 1. The maximum absolute atomic E-state index is 12.7. The second-order valence-corrected chi connectivity index (χ2v) is 7.62. The summed E-state index contributed by atoms with van der Waals surface area (Å²) in [4.78, 5) is 29.6. The Morgan fingerprint density at radius 2 is 2.08 bits per heavy atom. The third kappa shape index (κ3) is 3.32. The predicted molar refractivity (Wildman–Crippen MR) is 97.8 cm³/mol. The fourth-order valence-corrected chi connectivity index (χ4v) is 4.56. The number of aryl methyl sites for hydroxylation is 1. The zero-order valence-corrected chi connectivity index (χ0v) is 15.0. The Morgan fingerprint density at radius 1 is 1.24 bits per heavy atom. The van der Waals surface area contributed by atoms with Gasteiger partial charge in [-0.15, -0.1) is 0 Å². The van der Waals surface area contributed by atoms with Gasteiger partial charge in [0.2, 0.25) is 0 Å². The second kappa shape index (κ2) is 6.83. The lowest BCUT2D eigenvalue weighted by Crippen LogP contribution is -2.56. The average Bonchev–Trinajstić information content (AvgIpc) is 3.47. The first-order chi connectivity index (χ1) is 12.2. The summed E-state index contributed by atoms with van der Waals surface area (Å²) in [6, 6.07) is 4.83. The minimum atomic E-state index is -0.134. The standard InChI is InChI=1S/C19H28N4O2/c1-2-21-10-4-6-16(18(21)24)20-19(25)22-12-9-17-14(13-22)5-3-11-23(17)15-7-8-15/h4,6,10,14-15,17H,2-3,5,7-9,11-13H2,1H3,(H,20,25). The molecule has 2 amide bonds. The lowest BCUT2D eigenvalue weighted by atomic mass is 9.84. The molecular formula is C19H28N4O2. The van der Waals surface area contributed by atoms with Crippen molar-refractivity contribution in [2.75, 3.05) is 25.0 Å². The SMILES string of the molecule is CCn1cccc(NC(=O)N2CCC3C(CCCN3C3CC3)C2)c1=O. The van der Waals surface area contributed by atoms with Crippen molar-refractivity contribution in [1.29, 1.82) is 0 Å². The van der Waals surface area contributed by atoms with Gasteiger partial charge in [-0.1, -0.05) is 0 Å². The first kappa shape index (κ1) is 16.6. The van der Waals surface area contributed by atoms with Gasteiger partial charge in [0.1, 0.15) is 5.69 Å². The summed E-state index contributed by atoms with van der Waals surface area (Å²) in [7, 11) is 0. The number of hydrogen-bond donors (Lipinski definition) is 1. The van der Waals surface area contributed by atoms with Crippen LogP contribution < -0.4 is 10.9 Å². The van der Waals surface area contributed by atoms with Crippen LogP contribution in [0.3, 0.4) is 0 Å². The molecule has 25 heavy (non-hydrogen) atoms. The number of likely N-dealkylation sites (tertiary alicyclic amines) is 2. The van der Waals surface area contributed by atoms with Crippen molar-refractivity contribution in [1.82, 2.24) is 14.4 Å². The minimum absolute atomic E-state index is 0.132. The number of aromatic nitrogens is 1. The van der Waals surface area contributed by atoms with E-state index in [0.29, 0.717) is 24.2 Å². The third-order valence-electron chi connectivity index (χ3n) is 6.02. The summed E-state index contributed by atoms with van der Waals surface area (Å²) >= 11 is 0. The maximum Gasteiger partial charge on any atom is 0.322 e. The van der Waals surface area contributed by atoms with E-state index in [2.05, 4.69) is 10.2 Å². The number of urea groups is 1. The summed E-state index contributed by atoms with van der Waals surface area (Å²) in [6.07, 6.45) is 7.97. The Labute approximate surface area is 148 Å². The number of nitrogens with one attached hydrogen (secondary N) is 1. The fourth-order valence-electron chi connectivity index (χ4n) is 4.56. The van der Waals surface area contributed by atoms with Crippen LogP contribution in [0.5, 0.6) is 0 Å². The normalized spacial score (nSPS) is 27.0. The molecule has 1 aromatic rings. The predicted octanol–water partition coefficient (Wildman–Crippen LogP) is 2.35. The van der Waals surface area contributed by atoms with E-state index < -0.39 is 0 Å². The number of hydrogen-bond acceptors (Lipinski definition) is 3. The van der Waals surface area contributed by atoms with Gasteiger partial charge in [0, 0.05) is 37.9 Å². The third-order valence-corrected chi connectivity index (χ3v) is 6.02. The first-order valence-corrected chi connectivity index (χ1v) is 9.68. The van der Waals surface area contributed by atoms with E-state index >= 15 is 0 Å². The molecule has 2 atom stereocenters. The molecule has 2 saturated heterocycles. The molecule has 6 nitrogen and oxygen atoms in total. The van der Waals surface area contributed by atoms with Gasteiger partial charge in [0.25, 0.3) is 5.56 Å². The van der Waals surface area contributed by atoms with Crippen LogP contribution in [0.15, 0.2) is 23.1 Å². The van der Waals surface area contributed by atoms with E-state index in [1.54, 1.807) is 22.9 Å². The van der Waals surface area contributed by atoms with Crippen LogP contribution in [0.4, 0.5) is 10.5 Å². The van der Waals surface area contributed by atoms with Crippen molar-refractivity contribution in [2.45, 2.75) is 57.7 Å². The molecule has 0 spiro atoms. The fraction of sp³-hybridized carbons (Fsp3) is 0.684. The first-order valence-electron chi connectivity index (χ1n) is 9.68. The molecule has 3 heterocycles. The number of piperidine rings is 2. The van der Waals surface area contributed by atoms with Crippen molar-refractivity contribution in [3.8, 4) is 0 Å². The molecule has 2 unspecified atom stereocenters. The molecule has 2 aliphatic heterocycles. The van der Waals surface area contributed by atoms with Crippen LogP contribution in [-0.4, -0.2) is 52.1 Å². The largest absolute Gasteiger partial charge is 0.324 e. The molecule has 3 fully saturated rings. The quantitative estimate of drug-likeness (QED) is 0.916. The summed E-state index contributed by atoms with van der Waals surface area (Å²) in [5.41, 5.74) is 0.241. The maximum atomic E-state index is 12.7. The molecule has 1 aromatic heterocycles. The number of nitrogens with zero attached hydrogens (tertiary/aromatic N) is 3. The number of fused-ring (bicyclic) bond motifs is 1. The summed E-state index contributed by atoms with van der Waals surface area (Å²) in [5.74, 6) is 0.580. The van der Waals surface area contributed by atoms with Crippen molar-refractivity contribution in [2.24, 2.45) is 5.92 Å². The van der Waals surface area contributed by atoms with E-state index in [1.165, 1.54) is 32.2 Å². The topological polar surface area (TPSA) is 57.6 Å². The van der Waals surface area contributed by atoms with Gasteiger partial charge in [-0.3, -0.25) is 9.69 Å². The molecule has 136 valence electrons. The molecule has 1 saturated carbocycles. The molecule has 1 aliphatic carbocycles. The molecular weight excluding hydrogens is 316 g/mol. The smallest absolute Gasteiger partial charge is 0.322 e. The van der Waals surface area contributed by atoms with Crippen LogP contribution >= 0.6 is 0 Å². The minimum Gasteiger partial charge on any atom is -0.324 e. The zero-order chi connectivity index (χ0) is 17.4. The van der Waals surface area contributed by atoms with Gasteiger partial charge >= 0.3 is 6.03 Å². The molecule has 3 aliphatic rings. The molecule has 0 bridgehead atoms. The lowest BCUT2D eigenvalue weighted by molar-refractivity contribution is 0.0315. The number of carbonyl (C=O) groups is 1. The number of carbonyl (C=O) groups excluding carboxylic acids is 1.